The van der Waals surface area contributed by atoms with Crippen LogP contribution >= 0.6 is 11.3 Å². The predicted molar refractivity (Wildman–Crippen MR) is 93.8 cm³/mol. The van der Waals surface area contributed by atoms with Crippen molar-refractivity contribution in [3.63, 3.8) is 0 Å². The zero-order chi connectivity index (χ0) is 15.6. The van der Waals surface area contributed by atoms with Crippen LogP contribution in [0.4, 0.5) is 5.69 Å². The maximum Gasteiger partial charge on any atom is 0.229 e. The minimum atomic E-state index is -0.0470. The van der Waals surface area contributed by atoms with E-state index in [4.69, 9.17) is 0 Å². The van der Waals surface area contributed by atoms with E-state index in [2.05, 4.69) is 27.8 Å². The van der Waals surface area contributed by atoms with Gasteiger partial charge in [0.2, 0.25) is 5.91 Å². The van der Waals surface area contributed by atoms with E-state index in [9.17, 15) is 4.79 Å². The molecule has 2 N–H and O–H groups in total. The van der Waals surface area contributed by atoms with E-state index in [0.29, 0.717) is 0 Å². The monoisotopic (exact) mass is 323 g/mol. The van der Waals surface area contributed by atoms with E-state index < -0.39 is 0 Å². The van der Waals surface area contributed by atoms with Crippen molar-refractivity contribution in [2.24, 2.45) is 5.92 Å². The molecule has 2 aromatic heterocycles. The summed E-state index contributed by atoms with van der Waals surface area (Å²) in [6.07, 6.45) is 3.59. The van der Waals surface area contributed by atoms with Crippen LogP contribution in [0.3, 0.4) is 0 Å². The molecular weight excluding hydrogens is 306 g/mol. The Morgan fingerprint density at radius 3 is 2.96 bits per heavy atom. The van der Waals surface area contributed by atoms with Crippen LogP contribution in [0.1, 0.15) is 11.5 Å². The van der Waals surface area contributed by atoms with Crippen LogP contribution in [0.5, 0.6) is 0 Å². The van der Waals surface area contributed by atoms with E-state index in [1.54, 1.807) is 17.5 Å². The number of carbonyl (C=O) groups excluding carboxylic acids is 1. The summed E-state index contributed by atoms with van der Waals surface area (Å²) in [5.74, 6) is 0.261. The van der Waals surface area contributed by atoms with Crippen molar-refractivity contribution in [3.8, 4) is 0 Å². The molecule has 4 rings (SSSR count). The molecule has 5 heteroatoms. The van der Waals surface area contributed by atoms with Gasteiger partial charge in [0.1, 0.15) is 0 Å². The molecule has 3 aromatic rings. The van der Waals surface area contributed by atoms with Gasteiger partial charge in [-0.25, -0.2) is 0 Å². The van der Waals surface area contributed by atoms with Crippen molar-refractivity contribution >= 4 is 33.0 Å². The Morgan fingerprint density at radius 1 is 1.22 bits per heavy atom. The molecule has 0 spiro atoms. The highest BCUT2D eigenvalue weighted by Crippen LogP contribution is 2.32. The fourth-order valence-corrected chi connectivity index (χ4v) is 4.07. The number of pyridine rings is 1. The van der Waals surface area contributed by atoms with Gasteiger partial charge in [-0.2, -0.15) is 0 Å². The van der Waals surface area contributed by atoms with Crippen LogP contribution in [-0.4, -0.2) is 24.0 Å². The van der Waals surface area contributed by atoms with E-state index in [-0.39, 0.29) is 17.7 Å². The third kappa shape index (κ3) is 2.73. The number of thiophene rings is 1. The maximum atomic E-state index is 12.8. The molecule has 1 amide bonds. The molecule has 0 unspecified atom stereocenters. The fraction of sp³-hybridized carbons (Fsp3) is 0.222. The number of amides is 1. The van der Waals surface area contributed by atoms with Crippen LogP contribution in [-0.2, 0) is 4.79 Å². The molecule has 1 fully saturated rings. The first-order valence-corrected chi connectivity index (χ1v) is 8.58. The number of rotatable bonds is 3. The summed E-state index contributed by atoms with van der Waals surface area (Å²) in [4.78, 5) is 16.9. The van der Waals surface area contributed by atoms with Crippen molar-refractivity contribution in [1.29, 1.82) is 0 Å². The number of carbonyl (C=O) groups is 1. The molecular formula is C18H17N3OS. The average molecular weight is 323 g/mol. The molecule has 1 aliphatic heterocycles. The molecule has 2 atom stereocenters. The van der Waals surface area contributed by atoms with E-state index >= 15 is 0 Å². The van der Waals surface area contributed by atoms with Crippen LogP contribution in [0.25, 0.3) is 10.1 Å². The van der Waals surface area contributed by atoms with E-state index in [1.807, 2.05) is 35.8 Å². The summed E-state index contributed by atoms with van der Waals surface area (Å²) in [5.41, 5.74) is 2.10. The number of anilines is 1. The lowest BCUT2D eigenvalue weighted by Crippen LogP contribution is -2.28. The highest BCUT2D eigenvalue weighted by molar-refractivity contribution is 7.17. The Labute approximate surface area is 138 Å². The average Bonchev–Trinajstić information content (AvgIpc) is 3.23. The first kappa shape index (κ1) is 14.4. The Balaban J connectivity index is 1.56. The lowest BCUT2D eigenvalue weighted by atomic mass is 9.88. The minimum Gasteiger partial charge on any atom is -0.324 e. The first-order chi connectivity index (χ1) is 11.3. The van der Waals surface area contributed by atoms with Crippen molar-refractivity contribution in [2.45, 2.75) is 5.92 Å². The summed E-state index contributed by atoms with van der Waals surface area (Å²) in [5, 5.41) is 9.51. The van der Waals surface area contributed by atoms with Gasteiger partial charge in [-0.1, -0.05) is 30.3 Å². The van der Waals surface area contributed by atoms with Gasteiger partial charge in [0.05, 0.1) is 16.3 Å². The number of hydrogen-bond donors (Lipinski definition) is 2. The van der Waals surface area contributed by atoms with Gasteiger partial charge in [0, 0.05) is 42.2 Å². The second kappa shape index (κ2) is 6.10. The minimum absolute atomic E-state index is 0.0470. The quantitative estimate of drug-likeness (QED) is 0.778. The number of hydrogen-bond acceptors (Lipinski definition) is 4. The normalized spacial score (nSPS) is 20.7. The Bertz CT molecular complexity index is 830. The van der Waals surface area contributed by atoms with E-state index in [1.165, 1.54) is 5.56 Å². The number of nitrogens with zero attached hydrogens (tertiary/aromatic N) is 1. The molecule has 1 aliphatic rings. The highest BCUT2D eigenvalue weighted by Gasteiger charge is 2.34. The standard InChI is InChI=1S/C18H17N3OS/c22-18(21-16-11-23-17-10-19-7-6-13(16)17)15-9-20-8-14(15)12-4-2-1-3-5-12/h1-7,10-11,14-15,20H,8-9H2,(H,21,22)/t14-,15+/m0/s1. The Hall–Kier alpha value is -2.24. The lowest BCUT2D eigenvalue weighted by Gasteiger charge is -2.18. The molecule has 4 nitrogen and oxygen atoms in total. The Morgan fingerprint density at radius 2 is 2.09 bits per heavy atom. The summed E-state index contributed by atoms with van der Waals surface area (Å²) < 4.78 is 1.09. The summed E-state index contributed by atoms with van der Waals surface area (Å²) in [6, 6.07) is 12.2. The lowest BCUT2D eigenvalue weighted by molar-refractivity contribution is -0.119. The third-order valence-electron chi connectivity index (χ3n) is 4.41. The van der Waals surface area contributed by atoms with E-state index in [0.717, 1.165) is 28.9 Å². The molecule has 1 aromatic carbocycles. The van der Waals surface area contributed by atoms with Crippen LogP contribution < -0.4 is 10.6 Å². The molecule has 23 heavy (non-hydrogen) atoms. The second-order valence-electron chi connectivity index (χ2n) is 5.79. The molecule has 1 saturated heterocycles. The molecule has 0 bridgehead atoms. The van der Waals surface area contributed by atoms with Crippen LogP contribution in [0.15, 0.2) is 54.2 Å². The number of aromatic nitrogens is 1. The van der Waals surface area contributed by atoms with Gasteiger partial charge in [0.15, 0.2) is 0 Å². The van der Waals surface area contributed by atoms with Crippen LogP contribution in [0, 0.1) is 5.92 Å². The van der Waals surface area contributed by atoms with Gasteiger partial charge >= 0.3 is 0 Å². The number of fused-ring (bicyclic) bond motifs is 1. The van der Waals surface area contributed by atoms with Gasteiger partial charge in [0.25, 0.3) is 0 Å². The summed E-state index contributed by atoms with van der Waals surface area (Å²) in [7, 11) is 0. The van der Waals surface area contributed by atoms with Gasteiger partial charge in [-0.15, -0.1) is 11.3 Å². The van der Waals surface area contributed by atoms with Gasteiger partial charge in [-0.05, 0) is 11.6 Å². The van der Waals surface area contributed by atoms with Gasteiger partial charge in [-0.3, -0.25) is 9.78 Å². The molecule has 0 saturated carbocycles. The zero-order valence-corrected chi connectivity index (χ0v) is 13.3. The third-order valence-corrected chi connectivity index (χ3v) is 5.35. The largest absolute Gasteiger partial charge is 0.324 e. The fourth-order valence-electron chi connectivity index (χ4n) is 3.21. The highest BCUT2D eigenvalue weighted by atomic mass is 32.1. The molecule has 0 radical (unpaired) electrons. The number of benzene rings is 1. The smallest absolute Gasteiger partial charge is 0.229 e. The first-order valence-electron chi connectivity index (χ1n) is 7.70. The Kier molecular flexibility index (Phi) is 3.81. The van der Waals surface area contributed by atoms with Crippen molar-refractivity contribution in [1.82, 2.24) is 10.3 Å². The molecule has 116 valence electrons. The maximum absolute atomic E-state index is 12.8. The van der Waals surface area contributed by atoms with Gasteiger partial charge < -0.3 is 10.6 Å². The molecule has 0 aliphatic carbocycles. The number of nitrogens with one attached hydrogen (secondary N) is 2. The SMILES string of the molecule is O=C(Nc1csc2cnccc12)[C@@H]1CNC[C@H]1c1ccccc1. The second-order valence-corrected chi connectivity index (χ2v) is 6.70. The predicted octanol–water partition coefficient (Wildman–Crippen LogP) is 3.24. The van der Waals surface area contributed by atoms with Crippen LogP contribution in [0.2, 0.25) is 0 Å². The van der Waals surface area contributed by atoms with Crippen molar-refractivity contribution in [3.05, 3.63) is 59.7 Å². The van der Waals surface area contributed by atoms with Crippen molar-refractivity contribution in [2.75, 3.05) is 18.4 Å². The topological polar surface area (TPSA) is 54.0 Å². The molecule has 3 heterocycles. The van der Waals surface area contributed by atoms with Crippen molar-refractivity contribution < 1.29 is 4.79 Å². The summed E-state index contributed by atoms with van der Waals surface area (Å²) in [6.45, 7) is 1.56. The zero-order valence-electron chi connectivity index (χ0n) is 12.5. The summed E-state index contributed by atoms with van der Waals surface area (Å²) >= 11 is 1.60.